The Labute approximate surface area is 374 Å². The van der Waals surface area contributed by atoms with Crippen molar-refractivity contribution in [2.24, 2.45) is 5.92 Å². The second-order valence-electron chi connectivity index (χ2n) is 15.6. The van der Waals surface area contributed by atoms with E-state index in [1.807, 2.05) is 113 Å². The SMILES string of the molecule is COc1ccc(C(OC(C(=O)c2ccccc2)[C@H]2O[C@@H](n3cnc4c(N)ncnc43)[C@H](C#N)[C@@H]2OP(OCCC#N)N(C(C)C)C(C)C)(c2ccccc2)c2ccc(OC)cc2)cc1. The second-order valence-corrected chi connectivity index (χ2v) is 17.0. The number of benzene rings is 4. The van der Waals surface area contributed by atoms with Gasteiger partial charge in [-0.2, -0.15) is 10.5 Å². The monoisotopic (exact) mass is 882 g/mol. The summed E-state index contributed by atoms with van der Waals surface area (Å²) in [6.07, 6.45) is -2.17. The zero-order valence-corrected chi connectivity index (χ0v) is 37.4. The van der Waals surface area contributed by atoms with Crippen LogP contribution in [0.4, 0.5) is 5.82 Å². The van der Waals surface area contributed by atoms with Gasteiger partial charge in [-0.15, -0.1) is 0 Å². The van der Waals surface area contributed by atoms with E-state index in [-0.39, 0.29) is 30.9 Å². The molecule has 1 aliphatic heterocycles. The smallest absolute Gasteiger partial charge is 0.259 e. The van der Waals surface area contributed by atoms with Crippen LogP contribution in [0.1, 0.15) is 67.4 Å². The highest BCUT2D eigenvalue weighted by atomic mass is 31.2. The molecule has 0 amide bonds. The Kier molecular flexibility index (Phi) is 14.6. The van der Waals surface area contributed by atoms with Gasteiger partial charge in [0.05, 0.1) is 45.7 Å². The summed E-state index contributed by atoms with van der Waals surface area (Å²) in [6, 6.07) is 37.8. The van der Waals surface area contributed by atoms with E-state index in [1.54, 1.807) is 43.1 Å². The summed E-state index contributed by atoms with van der Waals surface area (Å²) in [6.45, 7) is 8.14. The molecule has 0 bridgehead atoms. The number of ether oxygens (including phenoxy) is 4. The number of carbonyl (C=O) groups is 1. The average Bonchev–Trinajstić information content (AvgIpc) is 3.91. The quantitative estimate of drug-likeness (QED) is 0.0353. The highest BCUT2D eigenvalue weighted by molar-refractivity contribution is 7.44. The fourth-order valence-electron chi connectivity index (χ4n) is 8.14. The van der Waals surface area contributed by atoms with Crippen molar-refractivity contribution in [1.29, 1.82) is 10.5 Å². The van der Waals surface area contributed by atoms with Gasteiger partial charge in [0.2, 0.25) is 0 Å². The Balaban J connectivity index is 1.49. The van der Waals surface area contributed by atoms with Gasteiger partial charge in [-0.1, -0.05) is 84.9 Å². The van der Waals surface area contributed by atoms with Crippen molar-refractivity contribution in [3.63, 3.8) is 0 Å². The molecule has 2 N–H and O–H groups in total. The minimum Gasteiger partial charge on any atom is -0.497 e. The van der Waals surface area contributed by atoms with Crippen LogP contribution in [0.25, 0.3) is 11.2 Å². The molecule has 0 saturated carbocycles. The molecular weight excluding hydrogens is 832 g/mol. The molecular formula is C48H51N8O7P. The maximum atomic E-state index is 15.6. The lowest BCUT2D eigenvalue weighted by atomic mass is 9.79. The molecule has 15 nitrogen and oxygen atoms in total. The van der Waals surface area contributed by atoms with Gasteiger partial charge in [0.25, 0.3) is 8.53 Å². The van der Waals surface area contributed by atoms with Crippen LogP contribution in [0.2, 0.25) is 0 Å². The third kappa shape index (κ3) is 9.19. The highest BCUT2D eigenvalue weighted by Crippen LogP contribution is 2.53. The van der Waals surface area contributed by atoms with Crippen molar-refractivity contribution >= 4 is 31.3 Å². The number of fused-ring (bicyclic) bond motifs is 1. The number of Topliss-reactive ketones (excluding diaryl/α,β-unsaturated/α-hetero) is 1. The molecule has 6 aromatic rings. The standard InChI is InChI=1S/C48H51N8O7P/c1-31(2)56(32(3)4)64(60-27-13-26-49)63-42-39(28-50)47(55-30-54-40-45(51)52-29-53-46(40)55)61-44(42)43(41(57)33-14-9-7-10-15-33)62-48(34-16-11-8-12-17-34,35-18-22-37(58-5)23-19-35)36-20-24-38(59-6)25-21-36/h7-12,14-25,29-32,39,42-44,47H,13,27H2,1-6H3,(H2,51,52,53)/t39-,42+,43?,44+,47-,64?/m1/s1. The fourth-order valence-corrected chi connectivity index (χ4v) is 9.91. The summed E-state index contributed by atoms with van der Waals surface area (Å²) < 4.78 is 43.2. The van der Waals surface area contributed by atoms with Gasteiger partial charge >= 0.3 is 0 Å². The molecule has 2 unspecified atom stereocenters. The number of aromatic nitrogens is 4. The van der Waals surface area contributed by atoms with Gasteiger partial charge in [0.1, 0.15) is 47.1 Å². The maximum absolute atomic E-state index is 15.6. The lowest BCUT2D eigenvalue weighted by Crippen LogP contribution is -2.50. The lowest BCUT2D eigenvalue weighted by Gasteiger charge is -2.42. The predicted octanol–water partition coefficient (Wildman–Crippen LogP) is 8.38. The Hall–Kier alpha value is -6.29. The molecule has 64 heavy (non-hydrogen) atoms. The Morgan fingerprint density at radius 3 is 1.97 bits per heavy atom. The predicted molar refractivity (Wildman–Crippen MR) is 241 cm³/mol. The number of hydrogen-bond donors (Lipinski definition) is 1. The molecule has 4 aromatic carbocycles. The minimum absolute atomic E-state index is 0.0638. The summed E-state index contributed by atoms with van der Waals surface area (Å²) in [5.74, 6) is -0.157. The number of carbonyl (C=O) groups excluding carboxylic acids is 1. The second kappa shape index (κ2) is 20.5. The van der Waals surface area contributed by atoms with E-state index >= 15 is 4.79 Å². The molecule has 1 saturated heterocycles. The average molecular weight is 883 g/mol. The van der Waals surface area contributed by atoms with Crippen LogP contribution in [0, 0.1) is 28.6 Å². The number of nitrogens with two attached hydrogens (primary N) is 1. The van der Waals surface area contributed by atoms with Crippen LogP contribution in [0.15, 0.2) is 122 Å². The molecule has 7 rings (SSSR count). The summed E-state index contributed by atoms with van der Waals surface area (Å²) in [4.78, 5) is 28.7. The van der Waals surface area contributed by atoms with Crippen LogP contribution in [0.3, 0.4) is 0 Å². The van der Waals surface area contributed by atoms with Crippen molar-refractivity contribution in [3.8, 4) is 23.6 Å². The van der Waals surface area contributed by atoms with Gasteiger partial charge in [0, 0.05) is 17.6 Å². The van der Waals surface area contributed by atoms with Crippen molar-refractivity contribution in [1.82, 2.24) is 24.2 Å². The number of nitrogen functional groups attached to an aromatic ring is 1. The topological polar surface area (TPSA) is 193 Å². The summed E-state index contributed by atoms with van der Waals surface area (Å²) in [5.41, 5.74) is 7.73. The van der Waals surface area contributed by atoms with Gasteiger partial charge < -0.3 is 33.7 Å². The molecule has 0 spiro atoms. The molecule has 1 aliphatic rings. The molecule has 16 heteroatoms. The third-order valence-electron chi connectivity index (χ3n) is 11.1. The number of hydrogen-bond acceptors (Lipinski definition) is 14. The zero-order chi connectivity index (χ0) is 45.4. The van der Waals surface area contributed by atoms with Crippen LogP contribution in [-0.4, -0.2) is 81.2 Å². The molecule has 330 valence electrons. The van der Waals surface area contributed by atoms with Crippen molar-refractivity contribution in [2.75, 3.05) is 26.6 Å². The number of rotatable bonds is 19. The fraction of sp³-hybridized carbons (Fsp3) is 0.333. The van der Waals surface area contributed by atoms with Gasteiger partial charge in [-0.05, 0) is 68.7 Å². The number of methoxy groups -OCH3 is 2. The van der Waals surface area contributed by atoms with Gasteiger partial charge in [-0.3, -0.25) is 9.36 Å². The first-order valence-corrected chi connectivity index (χ1v) is 22.0. The Morgan fingerprint density at radius 1 is 0.844 bits per heavy atom. The molecule has 1 fully saturated rings. The lowest BCUT2D eigenvalue weighted by molar-refractivity contribution is -0.124. The molecule has 3 heterocycles. The first-order valence-electron chi connectivity index (χ1n) is 20.9. The highest BCUT2D eigenvalue weighted by Gasteiger charge is 2.56. The number of nitrogens with zero attached hydrogens (tertiary/aromatic N) is 7. The van der Waals surface area contributed by atoms with Crippen molar-refractivity contribution < 1.29 is 32.8 Å². The molecule has 2 aromatic heterocycles. The zero-order valence-electron chi connectivity index (χ0n) is 36.5. The van der Waals surface area contributed by atoms with E-state index < -0.39 is 50.4 Å². The van der Waals surface area contributed by atoms with E-state index in [2.05, 4.69) is 31.8 Å². The van der Waals surface area contributed by atoms with E-state index in [9.17, 15) is 10.5 Å². The first-order chi connectivity index (χ1) is 31.1. The summed E-state index contributed by atoms with van der Waals surface area (Å²) in [7, 11) is 1.20. The van der Waals surface area contributed by atoms with Crippen molar-refractivity contribution in [3.05, 3.63) is 144 Å². The first kappa shape index (κ1) is 45.7. The van der Waals surface area contributed by atoms with E-state index in [1.165, 1.54) is 12.7 Å². The number of anilines is 1. The number of nitriles is 2. The van der Waals surface area contributed by atoms with Crippen LogP contribution in [-0.2, 0) is 24.1 Å². The van der Waals surface area contributed by atoms with Crippen molar-refractivity contribution in [2.45, 2.75) is 76.3 Å². The molecule has 0 radical (unpaired) electrons. The van der Waals surface area contributed by atoms with Gasteiger partial charge in [-0.25, -0.2) is 19.6 Å². The number of imidazole rings is 1. The summed E-state index contributed by atoms with van der Waals surface area (Å²) in [5, 5.41) is 20.8. The van der Waals surface area contributed by atoms with E-state index in [0.717, 1.165) is 0 Å². The van der Waals surface area contributed by atoms with E-state index in [0.29, 0.717) is 44.9 Å². The van der Waals surface area contributed by atoms with Gasteiger partial charge in [0.15, 0.2) is 29.6 Å². The van der Waals surface area contributed by atoms with Crippen LogP contribution >= 0.6 is 8.53 Å². The largest absolute Gasteiger partial charge is 0.497 e. The minimum atomic E-state index is -1.99. The normalized spacial score (nSPS) is 18.5. The Morgan fingerprint density at radius 2 is 1.42 bits per heavy atom. The Bertz CT molecular complexity index is 2510. The molecule has 0 aliphatic carbocycles. The molecule has 6 atom stereocenters. The van der Waals surface area contributed by atoms with Crippen LogP contribution < -0.4 is 15.2 Å². The van der Waals surface area contributed by atoms with Crippen LogP contribution in [0.5, 0.6) is 11.5 Å². The third-order valence-corrected chi connectivity index (χ3v) is 13.2. The van der Waals surface area contributed by atoms with E-state index in [4.69, 9.17) is 33.7 Å². The number of ketones is 1. The maximum Gasteiger partial charge on any atom is 0.259 e. The summed E-state index contributed by atoms with van der Waals surface area (Å²) >= 11 is 0.